The Kier molecular flexibility index (Phi) is 6.20. The van der Waals surface area contributed by atoms with Gasteiger partial charge in [0.15, 0.2) is 15.8 Å². The van der Waals surface area contributed by atoms with E-state index in [-0.39, 0.29) is 10.9 Å². The van der Waals surface area contributed by atoms with Gasteiger partial charge in [-0.05, 0) is 30.4 Å². The maximum atomic E-state index is 12.5. The summed E-state index contributed by atoms with van der Waals surface area (Å²) in [6.07, 6.45) is 1.31. The van der Waals surface area contributed by atoms with E-state index in [4.69, 9.17) is 16.4 Å². The summed E-state index contributed by atoms with van der Waals surface area (Å²) in [4.78, 5) is 9.74. The van der Waals surface area contributed by atoms with Crippen molar-refractivity contribution in [3.63, 3.8) is 0 Å². The molecule has 0 aliphatic carbocycles. The third-order valence-electron chi connectivity index (χ3n) is 3.05. The van der Waals surface area contributed by atoms with Crippen LogP contribution in [0.25, 0.3) is 0 Å². The van der Waals surface area contributed by atoms with E-state index in [2.05, 4.69) is 15.8 Å². The van der Waals surface area contributed by atoms with Gasteiger partial charge in [-0.1, -0.05) is 24.3 Å². The summed E-state index contributed by atoms with van der Waals surface area (Å²) >= 11 is 4.87. The maximum Gasteiger partial charge on any atom is 0.346 e. The van der Waals surface area contributed by atoms with Gasteiger partial charge in [-0.15, -0.1) is 0 Å². The molecule has 26 heavy (non-hydrogen) atoms. The molecule has 0 atom stereocenters. The minimum atomic E-state index is -4.42. The number of hydrazone groups is 1. The molecule has 0 unspecified atom stereocenters. The van der Waals surface area contributed by atoms with Crippen molar-refractivity contribution in [1.82, 2.24) is 10.7 Å². The van der Waals surface area contributed by atoms with Gasteiger partial charge in [-0.25, -0.2) is 0 Å². The number of hydrogen-bond acceptors (Lipinski definition) is 7. The van der Waals surface area contributed by atoms with Crippen LogP contribution in [0.5, 0.6) is 5.75 Å². The summed E-state index contributed by atoms with van der Waals surface area (Å²) in [5.41, 5.74) is 2.29. The standard InChI is InChI=1S/C15H14N4O5S2/c1-16-15(25)18-17-10-11-6-2-4-8-13(11)24-26(22,23)14-9-5-3-7-12(14)19(20)21/h2-10H,1H3,(H2,16,18,25). The number of nitrogens with zero attached hydrogens (tertiary/aromatic N) is 2. The molecule has 0 bridgehead atoms. The van der Waals surface area contributed by atoms with Gasteiger partial charge in [0.1, 0.15) is 0 Å². The average molecular weight is 394 g/mol. The van der Waals surface area contributed by atoms with Gasteiger partial charge in [0.2, 0.25) is 0 Å². The number of hydrogen-bond donors (Lipinski definition) is 2. The summed E-state index contributed by atoms with van der Waals surface area (Å²) in [7, 11) is -2.81. The lowest BCUT2D eigenvalue weighted by Gasteiger charge is -2.09. The lowest BCUT2D eigenvalue weighted by atomic mass is 10.2. The average Bonchev–Trinajstić information content (AvgIpc) is 2.62. The zero-order valence-corrected chi connectivity index (χ0v) is 15.1. The highest BCUT2D eigenvalue weighted by Gasteiger charge is 2.27. The Morgan fingerprint density at radius 2 is 1.88 bits per heavy atom. The monoisotopic (exact) mass is 394 g/mol. The van der Waals surface area contributed by atoms with E-state index < -0.39 is 25.6 Å². The van der Waals surface area contributed by atoms with Crippen molar-refractivity contribution in [2.24, 2.45) is 5.10 Å². The van der Waals surface area contributed by atoms with Crippen molar-refractivity contribution < 1.29 is 17.5 Å². The quantitative estimate of drug-likeness (QED) is 0.250. The molecular formula is C15H14N4O5S2. The Balaban J connectivity index is 2.34. The van der Waals surface area contributed by atoms with Crippen LogP contribution in [0.15, 0.2) is 58.5 Å². The van der Waals surface area contributed by atoms with Crippen molar-refractivity contribution in [1.29, 1.82) is 0 Å². The summed E-state index contributed by atoms with van der Waals surface area (Å²) in [6.45, 7) is 0. The predicted octanol–water partition coefficient (Wildman–Crippen LogP) is 1.79. The highest BCUT2D eigenvalue weighted by molar-refractivity contribution is 7.87. The number of nitro groups is 1. The summed E-state index contributed by atoms with van der Waals surface area (Å²) in [6, 6.07) is 11.1. The molecule has 0 radical (unpaired) electrons. The second-order valence-electron chi connectivity index (χ2n) is 4.75. The fourth-order valence-corrected chi connectivity index (χ4v) is 3.04. The zero-order chi connectivity index (χ0) is 19.2. The largest absolute Gasteiger partial charge is 0.378 e. The van der Waals surface area contributed by atoms with E-state index in [0.717, 1.165) is 12.1 Å². The van der Waals surface area contributed by atoms with Crippen LogP contribution in [0.1, 0.15) is 5.56 Å². The van der Waals surface area contributed by atoms with Gasteiger partial charge in [-0.3, -0.25) is 15.5 Å². The first-order valence-corrected chi connectivity index (χ1v) is 8.94. The molecule has 0 saturated heterocycles. The smallest absolute Gasteiger partial charge is 0.346 e. The first-order valence-electron chi connectivity index (χ1n) is 7.13. The number of thiocarbonyl (C=S) groups is 1. The number of nitro benzene ring substituents is 1. The van der Waals surface area contributed by atoms with Gasteiger partial charge in [0, 0.05) is 18.7 Å². The van der Waals surface area contributed by atoms with Crippen LogP contribution in [-0.2, 0) is 10.1 Å². The third kappa shape index (κ3) is 4.74. The van der Waals surface area contributed by atoms with E-state index in [9.17, 15) is 18.5 Å². The molecule has 0 aliphatic rings. The van der Waals surface area contributed by atoms with Gasteiger partial charge >= 0.3 is 10.1 Å². The molecular weight excluding hydrogens is 380 g/mol. The van der Waals surface area contributed by atoms with Crippen LogP contribution < -0.4 is 14.9 Å². The maximum absolute atomic E-state index is 12.5. The molecule has 2 aromatic carbocycles. The molecule has 0 saturated carbocycles. The van der Waals surface area contributed by atoms with Crippen LogP contribution >= 0.6 is 12.2 Å². The van der Waals surface area contributed by atoms with Crippen molar-refractivity contribution in [2.45, 2.75) is 4.90 Å². The molecule has 0 aromatic heterocycles. The Hall–Kier alpha value is -3.05. The lowest BCUT2D eigenvalue weighted by molar-refractivity contribution is -0.387. The number of benzene rings is 2. The number of rotatable bonds is 6. The zero-order valence-electron chi connectivity index (χ0n) is 13.4. The summed E-state index contributed by atoms with van der Waals surface area (Å²) in [5.74, 6) is -0.0356. The van der Waals surface area contributed by atoms with E-state index in [0.29, 0.717) is 5.56 Å². The topological polar surface area (TPSA) is 123 Å². The Labute approximate surface area is 155 Å². The molecule has 0 fully saturated rings. The van der Waals surface area contributed by atoms with E-state index in [1.807, 2.05) is 0 Å². The molecule has 0 amide bonds. The number of para-hydroxylation sites is 2. The Bertz CT molecular complexity index is 960. The predicted molar refractivity (Wildman–Crippen MR) is 99.7 cm³/mol. The van der Waals surface area contributed by atoms with Gasteiger partial charge in [0.05, 0.1) is 11.1 Å². The van der Waals surface area contributed by atoms with E-state index in [1.54, 1.807) is 25.2 Å². The normalized spacial score (nSPS) is 11.1. The van der Waals surface area contributed by atoms with Crippen molar-refractivity contribution >= 4 is 39.4 Å². The van der Waals surface area contributed by atoms with Gasteiger partial charge < -0.3 is 9.50 Å². The minimum absolute atomic E-state index is 0.0356. The first kappa shape index (κ1) is 19.3. The molecule has 0 spiro atoms. The molecule has 2 rings (SSSR count). The van der Waals surface area contributed by atoms with Crippen LogP contribution in [0.4, 0.5) is 5.69 Å². The first-order chi connectivity index (χ1) is 12.3. The molecule has 9 nitrogen and oxygen atoms in total. The summed E-state index contributed by atoms with van der Waals surface area (Å²) < 4.78 is 30.1. The van der Waals surface area contributed by atoms with Crippen LogP contribution in [0.3, 0.4) is 0 Å². The fraction of sp³-hybridized carbons (Fsp3) is 0.0667. The Morgan fingerprint density at radius 1 is 1.23 bits per heavy atom. The Morgan fingerprint density at radius 3 is 2.58 bits per heavy atom. The van der Waals surface area contributed by atoms with Crippen LogP contribution in [0, 0.1) is 10.1 Å². The van der Waals surface area contributed by atoms with Crippen LogP contribution in [0.2, 0.25) is 0 Å². The minimum Gasteiger partial charge on any atom is -0.378 e. The van der Waals surface area contributed by atoms with Gasteiger partial charge in [-0.2, -0.15) is 13.5 Å². The molecule has 0 heterocycles. The van der Waals surface area contributed by atoms with Crippen LogP contribution in [-0.4, -0.2) is 31.7 Å². The van der Waals surface area contributed by atoms with E-state index >= 15 is 0 Å². The fourth-order valence-electron chi connectivity index (χ4n) is 1.86. The second kappa shape index (κ2) is 8.36. The SMILES string of the molecule is CNC(=S)NN=Cc1ccccc1OS(=O)(=O)c1ccccc1[N+](=O)[O-]. The number of nitrogens with one attached hydrogen (secondary N) is 2. The highest BCUT2D eigenvalue weighted by Crippen LogP contribution is 2.27. The van der Waals surface area contributed by atoms with E-state index in [1.165, 1.54) is 24.4 Å². The second-order valence-corrected chi connectivity index (χ2v) is 6.67. The molecule has 0 aliphatic heterocycles. The molecule has 136 valence electrons. The molecule has 11 heteroatoms. The van der Waals surface area contributed by atoms with Gasteiger partial charge in [0.25, 0.3) is 5.69 Å². The molecule has 2 N–H and O–H groups in total. The van der Waals surface area contributed by atoms with Crippen molar-refractivity contribution in [3.8, 4) is 5.75 Å². The lowest BCUT2D eigenvalue weighted by Crippen LogP contribution is -2.28. The van der Waals surface area contributed by atoms with Crippen molar-refractivity contribution in [3.05, 3.63) is 64.2 Å². The third-order valence-corrected chi connectivity index (χ3v) is 4.62. The highest BCUT2D eigenvalue weighted by atomic mass is 32.2. The summed E-state index contributed by atoms with van der Waals surface area (Å²) in [5, 5.41) is 17.8. The molecule has 2 aromatic rings. The van der Waals surface area contributed by atoms with Crippen molar-refractivity contribution in [2.75, 3.05) is 7.05 Å².